The SMILES string of the molecule is CC(C1CC1)N(C)c1cc(F)ncn1. The first-order chi connectivity index (χ1) is 6.68. The standard InChI is InChI=1S/C10H14FN3/c1-7(8-3-4-8)14(2)10-5-9(11)12-6-13-10/h5-8H,3-4H2,1-2H3. The molecule has 0 bridgehead atoms. The Balaban J connectivity index is 2.13. The topological polar surface area (TPSA) is 29.0 Å². The summed E-state index contributed by atoms with van der Waals surface area (Å²) in [5, 5.41) is 0. The van der Waals surface area contributed by atoms with E-state index in [1.165, 1.54) is 25.2 Å². The predicted molar refractivity (Wildman–Crippen MR) is 52.6 cm³/mol. The van der Waals surface area contributed by atoms with E-state index in [9.17, 15) is 4.39 Å². The number of hydrogen-bond donors (Lipinski definition) is 0. The number of rotatable bonds is 3. The van der Waals surface area contributed by atoms with Gasteiger partial charge in [0.1, 0.15) is 12.1 Å². The van der Waals surface area contributed by atoms with Gasteiger partial charge in [-0.05, 0) is 25.7 Å². The van der Waals surface area contributed by atoms with Crippen LogP contribution in [0.1, 0.15) is 19.8 Å². The molecular formula is C10H14FN3. The van der Waals surface area contributed by atoms with Gasteiger partial charge in [0.25, 0.3) is 0 Å². The lowest BCUT2D eigenvalue weighted by molar-refractivity contribution is 0.568. The molecule has 1 aromatic heterocycles. The zero-order chi connectivity index (χ0) is 10.1. The maximum atomic E-state index is 12.8. The summed E-state index contributed by atoms with van der Waals surface area (Å²) in [5.41, 5.74) is 0. The molecule has 1 aromatic rings. The van der Waals surface area contributed by atoms with Crippen LogP contribution >= 0.6 is 0 Å². The predicted octanol–water partition coefficient (Wildman–Crippen LogP) is 1.85. The fourth-order valence-electron chi connectivity index (χ4n) is 1.62. The molecule has 0 spiro atoms. The van der Waals surface area contributed by atoms with E-state index in [1.54, 1.807) is 0 Å². The first-order valence-corrected chi connectivity index (χ1v) is 4.89. The van der Waals surface area contributed by atoms with Crippen LogP contribution in [-0.2, 0) is 0 Å². The third kappa shape index (κ3) is 1.84. The van der Waals surface area contributed by atoms with Gasteiger partial charge in [-0.1, -0.05) is 0 Å². The molecular weight excluding hydrogens is 181 g/mol. The van der Waals surface area contributed by atoms with Crippen molar-refractivity contribution in [3.05, 3.63) is 18.3 Å². The zero-order valence-corrected chi connectivity index (χ0v) is 8.44. The number of halogens is 1. The average Bonchev–Trinajstić information content (AvgIpc) is 2.99. The Kier molecular flexibility index (Phi) is 2.35. The highest BCUT2D eigenvalue weighted by molar-refractivity contribution is 5.37. The lowest BCUT2D eigenvalue weighted by atomic mass is 10.2. The molecule has 14 heavy (non-hydrogen) atoms. The van der Waals surface area contributed by atoms with Crippen molar-refractivity contribution in [1.29, 1.82) is 0 Å². The third-order valence-corrected chi connectivity index (χ3v) is 2.90. The molecule has 0 N–H and O–H groups in total. The van der Waals surface area contributed by atoms with Crippen LogP contribution < -0.4 is 4.90 Å². The molecule has 1 heterocycles. The van der Waals surface area contributed by atoms with Gasteiger partial charge in [0.2, 0.25) is 5.95 Å². The van der Waals surface area contributed by atoms with Crippen molar-refractivity contribution in [3.8, 4) is 0 Å². The van der Waals surface area contributed by atoms with Crippen LogP contribution in [0.4, 0.5) is 10.2 Å². The van der Waals surface area contributed by atoms with E-state index < -0.39 is 5.95 Å². The van der Waals surface area contributed by atoms with E-state index in [1.807, 2.05) is 11.9 Å². The van der Waals surface area contributed by atoms with Gasteiger partial charge in [-0.2, -0.15) is 4.39 Å². The minimum Gasteiger partial charge on any atom is -0.357 e. The molecule has 0 aliphatic heterocycles. The molecule has 2 rings (SSSR count). The Morgan fingerprint density at radius 3 is 2.79 bits per heavy atom. The van der Waals surface area contributed by atoms with Gasteiger partial charge >= 0.3 is 0 Å². The van der Waals surface area contributed by atoms with E-state index in [-0.39, 0.29) is 0 Å². The fourth-order valence-corrected chi connectivity index (χ4v) is 1.62. The van der Waals surface area contributed by atoms with Crippen molar-refractivity contribution in [2.45, 2.75) is 25.8 Å². The Bertz CT molecular complexity index is 325. The smallest absolute Gasteiger partial charge is 0.218 e. The summed E-state index contributed by atoms with van der Waals surface area (Å²) in [4.78, 5) is 9.50. The largest absolute Gasteiger partial charge is 0.357 e. The molecule has 1 unspecified atom stereocenters. The van der Waals surface area contributed by atoms with Crippen molar-refractivity contribution in [2.75, 3.05) is 11.9 Å². The average molecular weight is 195 g/mol. The van der Waals surface area contributed by atoms with Crippen LogP contribution in [0.25, 0.3) is 0 Å². The van der Waals surface area contributed by atoms with Gasteiger partial charge in [-0.3, -0.25) is 0 Å². The third-order valence-electron chi connectivity index (χ3n) is 2.90. The molecule has 3 nitrogen and oxygen atoms in total. The van der Waals surface area contributed by atoms with Gasteiger partial charge in [0, 0.05) is 19.2 Å². The van der Waals surface area contributed by atoms with E-state index >= 15 is 0 Å². The first-order valence-electron chi connectivity index (χ1n) is 4.89. The van der Waals surface area contributed by atoms with Crippen LogP contribution in [0, 0.1) is 11.9 Å². The fraction of sp³-hybridized carbons (Fsp3) is 0.600. The summed E-state index contributed by atoms with van der Waals surface area (Å²) in [6, 6.07) is 1.81. The van der Waals surface area contributed by atoms with Gasteiger partial charge in [0.15, 0.2) is 0 Å². The van der Waals surface area contributed by atoms with Crippen LogP contribution in [0.5, 0.6) is 0 Å². The van der Waals surface area contributed by atoms with Crippen LogP contribution in [-0.4, -0.2) is 23.1 Å². The van der Waals surface area contributed by atoms with Crippen molar-refractivity contribution in [1.82, 2.24) is 9.97 Å². The highest BCUT2D eigenvalue weighted by Gasteiger charge is 2.31. The number of anilines is 1. The summed E-state index contributed by atoms with van der Waals surface area (Å²) in [6.45, 7) is 2.15. The van der Waals surface area contributed by atoms with Gasteiger partial charge in [0.05, 0.1) is 0 Å². The lowest BCUT2D eigenvalue weighted by Gasteiger charge is -2.25. The Morgan fingerprint density at radius 1 is 1.50 bits per heavy atom. The van der Waals surface area contributed by atoms with E-state index in [0.29, 0.717) is 11.9 Å². The molecule has 1 aliphatic carbocycles. The second-order valence-corrected chi connectivity index (χ2v) is 3.89. The summed E-state index contributed by atoms with van der Waals surface area (Å²) >= 11 is 0. The van der Waals surface area contributed by atoms with E-state index in [2.05, 4.69) is 16.9 Å². The number of aromatic nitrogens is 2. The maximum absolute atomic E-state index is 12.8. The van der Waals surface area contributed by atoms with Crippen molar-refractivity contribution in [3.63, 3.8) is 0 Å². The quantitative estimate of drug-likeness (QED) is 0.689. The van der Waals surface area contributed by atoms with Crippen molar-refractivity contribution >= 4 is 5.82 Å². The molecule has 1 saturated carbocycles. The molecule has 1 atom stereocenters. The van der Waals surface area contributed by atoms with Crippen LogP contribution in [0.3, 0.4) is 0 Å². The normalized spacial score (nSPS) is 17.9. The molecule has 0 amide bonds. The van der Waals surface area contributed by atoms with Crippen molar-refractivity contribution in [2.24, 2.45) is 5.92 Å². The Hall–Kier alpha value is -1.19. The van der Waals surface area contributed by atoms with Crippen molar-refractivity contribution < 1.29 is 4.39 Å². The minimum atomic E-state index is -0.468. The number of nitrogens with zero attached hydrogens (tertiary/aromatic N) is 3. The highest BCUT2D eigenvalue weighted by Crippen LogP contribution is 2.35. The molecule has 1 aliphatic rings. The van der Waals surface area contributed by atoms with Crippen LogP contribution in [0.15, 0.2) is 12.4 Å². The monoisotopic (exact) mass is 195 g/mol. The summed E-state index contributed by atoms with van der Waals surface area (Å²) in [6.07, 6.45) is 3.82. The van der Waals surface area contributed by atoms with E-state index in [0.717, 1.165) is 5.92 Å². The molecule has 0 aromatic carbocycles. The molecule has 1 fully saturated rings. The summed E-state index contributed by atoms with van der Waals surface area (Å²) < 4.78 is 12.8. The molecule has 76 valence electrons. The maximum Gasteiger partial charge on any atom is 0.218 e. The summed E-state index contributed by atoms with van der Waals surface area (Å²) in [5.74, 6) is 0.944. The summed E-state index contributed by atoms with van der Waals surface area (Å²) in [7, 11) is 1.95. The van der Waals surface area contributed by atoms with E-state index in [4.69, 9.17) is 0 Å². The zero-order valence-electron chi connectivity index (χ0n) is 8.44. The Labute approximate surface area is 83.0 Å². The number of hydrogen-bond acceptors (Lipinski definition) is 3. The minimum absolute atomic E-state index is 0.435. The van der Waals surface area contributed by atoms with Crippen LogP contribution in [0.2, 0.25) is 0 Å². The van der Waals surface area contributed by atoms with Gasteiger partial charge in [-0.25, -0.2) is 9.97 Å². The second kappa shape index (κ2) is 3.52. The second-order valence-electron chi connectivity index (χ2n) is 3.89. The van der Waals surface area contributed by atoms with Gasteiger partial charge < -0.3 is 4.90 Å². The molecule has 4 heteroatoms. The molecule has 0 radical (unpaired) electrons. The van der Waals surface area contributed by atoms with Gasteiger partial charge in [-0.15, -0.1) is 0 Å². The first kappa shape index (κ1) is 9.37. The lowest BCUT2D eigenvalue weighted by Crippen LogP contribution is -2.31. The Morgan fingerprint density at radius 2 is 2.21 bits per heavy atom. The highest BCUT2D eigenvalue weighted by atomic mass is 19.1. The molecule has 0 saturated heterocycles.